The van der Waals surface area contributed by atoms with Crippen molar-refractivity contribution in [2.75, 3.05) is 13.7 Å². The Morgan fingerprint density at radius 1 is 1.21 bits per heavy atom. The SMILES string of the molecule is COc1ccc(-c2nc(C(=O)NCC(=O)NC(C)(C)C)cs2)cc1. The Morgan fingerprint density at radius 3 is 2.46 bits per heavy atom. The minimum atomic E-state index is -0.366. The third kappa shape index (κ3) is 5.06. The molecule has 7 heteroatoms. The van der Waals surface area contributed by atoms with E-state index >= 15 is 0 Å². The first-order valence-corrected chi connectivity index (χ1v) is 8.35. The quantitative estimate of drug-likeness (QED) is 0.871. The van der Waals surface area contributed by atoms with Gasteiger partial charge in [-0.1, -0.05) is 0 Å². The number of amides is 2. The molecule has 2 N–H and O–H groups in total. The van der Waals surface area contributed by atoms with E-state index in [-0.39, 0.29) is 23.9 Å². The average Bonchev–Trinajstić information content (AvgIpc) is 3.01. The molecular weight excluding hydrogens is 326 g/mol. The molecule has 0 radical (unpaired) electrons. The van der Waals surface area contributed by atoms with Crippen LogP contribution in [0.25, 0.3) is 10.6 Å². The number of hydrogen-bond donors (Lipinski definition) is 2. The molecule has 0 aliphatic heterocycles. The first kappa shape index (κ1) is 17.9. The van der Waals surface area contributed by atoms with Crippen molar-refractivity contribution in [1.82, 2.24) is 15.6 Å². The van der Waals surface area contributed by atoms with Crippen LogP contribution in [0.3, 0.4) is 0 Å². The van der Waals surface area contributed by atoms with Gasteiger partial charge in [0, 0.05) is 16.5 Å². The van der Waals surface area contributed by atoms with E-state index in [1.807, 2.05) is 45.0 Å². The van der Waals surface area contributed by atoms with Gasteiger partial charge in [-0.15, -0.1) is 11.3 Å². The molecule has 0 fully saturated rings. The smallest absolute Gasteiger partial charge is 0.271 e. The highest BCUT2D eigenvalue weighted by atomic mass is 32.1. The highest BCUT2D eigenvalue weighted by molar-refractivity contribution is 7.13. The second-order valence-electron chi connectivity index (χ2n) is 6.25. The van der Waals surface area contributed by atoms with Crippen LogP contribution in [0.5, 0.6) is 5.75 Å². The molecule has 0 saturated heterocycles. The number of nitrogens with zero attached hydrogens (tertiary/aromatic N) is 1. The molecule has 0 aliphatic carbocycles. The third-order valence-electron chi connectivity index (χ3n) is 3.00. The summed E-state index contributed by atoms with van der Waals surface area (Å²) in [5.74, 6) is 0.162. The molecule has 2 amide bonds. The second-order valence-corrected chi connectivity index (χ2v) is 7.11. The number of aromatic nitrogens is 1. The number of nitrogens with one attached hydrogen (secondary N) is 2. The standard InChI is InChI=1S/C17H21N3O3S/c1-17(2,3)20-14(21)9-18-15(22)13-10-24-16(19-13)11-5-7-12(23-4)8-6-11/h5-8,10H,9H2,1-4H3,(H,18,22)(H,20,21). The average molecular weight is 347 g/mol. The first-order chi connectivity index (χ1) is 11.3. The van der Waals surface area contributed by atoms with E-state index in [2.05, 4.69) is 15.6 Å². The summed E-state index contributed by atoms with van der Waals surface area (Å²) in [6.45, 7) is 5.57. The van der Waals surface area contributed by atoms with Crippen LogP contribution in [0.4, 0.5) is 0 Å². The van der Waals surface area contributed by atoms with Crippen molar-refractivity contribution in [3.63, 3.8) is 0 Å². The number of ether oxygens (including phenoxy) is 1. The number of carbonyl (C=O) groups is 2. The number of hydrogen-bond acceptors (Lipinski definition) is 5. The molecule has 0 unspecified atom stereocenters. The topological polar surface area (TPSA) is 80.3 Å². The lowest BCUT2D eigenvalue weighted by Gasteiger charge is -2.20. The number of rotatable bonds is 5. The lowest BCUT2D eigenvalue weighted by Crippen LogP contribution is -2.45. The summed E-state index contributed by atoms with van der Waals surface area (Å²) in [4.78, 5) is 28.1. The highest BCUT2D eigenvalue weighted by Gasteiger charge is 2.16. The van der Waals surface area contributed by atoms with Gasteiger partial charge in [0.05, 0.1) is 13.7 Å². The fourth-order valence-corrected chi connectivity index (χ4v) is 2.76. The fraction of sp³-hybridized carbons (Fsp3) is 0.353. The van der Waals surface area contributed by atoms with Gasteiger partial charge in [0.15, 0.2) is 0 Å². The van der Waals surface area contributed by atoms with E-state index in [0.29, 0.717) is 5.69 Å². The zero-order valence-electron chi connectivity index (χ0n) is 14.2. The number of thiazole rings is 1. The molecule has 0 spiro atoms. The predicted molar refractivity (Wildman–Crippen MR) is 94.3 cm³/mol. The van der Waals surface area contributed by atoms with Crippen molar-refractivity contribution in [1.29, 1.82) is 0 Å². The summed E-state index contributed by atoms with van der Waals surface area (Å²) in [6.07, 6.45) is 0. The molecule has 0 bridgehead atoms. The predicted octanol–water partition coefficient (Wildman–Crippen LogP) is 2.46. The minimum absolute atomic E-state index is 0.0779. The van der Waals surface area contributed by atoms with Crippen molar-refractivity contribution < 1.29 is 14.3 Å². The van der Waals surface area contributed by atoms with E-state index in [9.17, 15) is 9.59 Å². The molecule has 24 heavy (non-hydrogen) atoms. The summed E-state index contributed by atoms with van der Waals surface area (Å²) >= 11 is 1.38. The van der Waals surface area contributed by atoms with Crippen molar-refractivity contribution in [2.45, 2.75) is 26.3 Å². The summed E-state index contributed by atoms with van der Waals surface area (Å²) in [5.41, 5.74) is 0.879. The zero-order valence-corrected chi connectivity index (χ0v) is 15.0. The monoisotopic (exact) mass is 347 g/mol. The van der Waals surface area contributed by atoms with E-state index < -0.39 is 0 Å². The Morgan fingerprint density at radius 2 is 1.88 bits per heavy atom. The van der Waals surface area contributed by atoms with Crippen LogP contribution in [0.1, 0.15) is 31.3 Å². The van der Waals surface area contributed by atoms with Crippen LogP contribution in [0.2, 0.25) is 0 Å². The Kier molecular flexibility index (Phi) is 5.56. The number of benzene rings is 1. The molecule has 1 heterocycles. The molecule has 2 aromatic rings. The molecule has 1 aromatic heterocycles. The van der Waals surface area contributed by atoms with Crippen LogP contribution in [0.15, 0.2) is 29.6 Å². The summed E-state index contributed by atoms with van der Waals surface area (Å²) < 4.78 is 5.12. The fourth-order valence-electron chi connectivity index (χ4n) is 1.96. The lowest BCUT2D eigenvalue weighted by atomic mass is 10.1. The largest absolute Gasteiger partial charge is 0.497 e. The zero-order chi connectivity index (χ0) is 17.7. The normalized spacial score (nSPS) is 11.0. The Labute approximate surface area is 145 Å². The first-order valence-electron chi connectivity index (χ1n) is 7.47. The Hall–Kier alpha value is -2.41. The van der Waals surface area contributed by atoms with E-state index in [1.165, 1.54) is 11.3 Å². The molecule has 1 aromatic carbocycles. The van der Waals surface area contributed by atoms with Gasteiger partial charge in [-0.2, -0.15) is 0 Å². The van der Waals surface area contributed by atoms with Gasteiger partial charge in [-0.05, 0) is 45.0 Å². The molecule has 128 valence electrons. The van der Waals surface area contributed by atoms with Crippen molar-refractivity contribution in [3.8, 4) is 16.3 Å². The summed E-state index contributed by atoms with van der Waals surface area (Å²) in [6, 6.07) is 7.45. The van der Waals surface area contributed by atoms with E-state index in [4.69, 9.17) is 4.74 Å². The van der Waals surface area contributed by atoms with Gasteiger partial charge >= 0.3 is 0 Å². The van der Waals surface area contributed by atoms with Gasteiger partial charge < -0.3 is 15.4 Å². The van der Waals surface area contributed by atoms with Gasteiger partial charge in [0.25, 0.3) is 5.91 Å². The van der Waals surface area contributed by atoms with Crippen LogP contribution in [-0.2, 0) is 4.79 Å². The third-order valence-corrected chi connectivity index (χ3v) is 3.89. The molecule has 0 aliphatic rings. The van der Waals surface area contributed by atoms with Gasteiger partial charge in [0.2, 0.25) is 5.91 Å². The minimum Gasteiger partial charge on any atom is -0.497 e. The Balaban J connectivity index is 1.96. The molecule has 0 saturated carbocycles. The molecular formula is C17H21N3O3S. The molecule has 0 atom stereocenters. The van der Waals surface area contributed by atoms with Crippen molar-refractivity contribution in [2.24, 2.45) is 0 Å². The lowest BCUT2D eigenvalue weighted by molar-refractivity contribution is -0.121. The summed E-state index contributed by atoms with van der Waals surface area (Å²) in [5, 5.41) is 7.78. The molecule has 2 rings (SSSR count). The van der Waals surface area contributed by atoms with Gasteiger partial charge in [-0.3, -0.25) is 9.59 Å². The van der Waals surface area contributed by atoms with E-state index in [1.54, 1.807) is 12.5 Å². The van der Waals surface area contributed by atoms with Crippen LogP contribution >= 0.6 is 11.3 Å². The van der Waals surface area contributed by atoms with Crippen molar-refractivity contribution >= 4 is 23.2 Å². The number of carbonyl (C=O) groups excluding carboxylic acids is 2. The van der Waals surface area contributed by atoms with Crippen LogP contribution in [-0.4, -0.2) is 36.0 Å². The van der Waals surface area contributed by atoms with Gasteiger partial charge in [-0.25, -0.2) is 4.98 Å². The van der Waals surface area contributed by atoms with Gasteiger partial charge in [0.1, 0.15) is 16.5 Å². The highest BCUT2D eigenvalue weighted by Crippen LogP contribution is 2.25. The second kappa shape index (κ2) is 7.44. The molecule has 6 nitrogen and oxygen atoms in total. The van der Waals surface area contributed by atoms with Crippen LogP contribution in [0, 0.1) is 0 Å². The van der Waals surface area contributed by atoms with E-state index in [0.717, 1.165) is 16.3 Å². The maximum atomic E-state index is 12.1. The maximum absolute atomic E-state index is 12.1. The summed E-state index contributed by atoms with van der Waals surface area (Å²) in [7, 11) is 1.61. The number of methoxy groups -OCH3 is 1. The Bertz CT molecular complexity index is 717. The van der Waals surface area contributed by atoms with Crippen LogP contribution < -0.4 is 15.4 Å². The maximum Gasteiger partial charge on any atom is 0.271 e. The van der Waals surface area contributed by atoms with Crippen molar-refractivity contribution in [3.05, 3.63) is 35.3 Å².